The van der Waals surface area contributed by atoms with Gasteiger partial charge >= 0.3 is 6.18 Å². The molecule has 1 atom stereocenters. The highest BCUT2D eigenvalue weighted by Crippen LogP contribution is 2.17. The summed E-state index contributed by atoms with van der Waals surface area (Å²) in [5.74, 6) is -0.648. The Labute approximate surface area is 136 Å². The number of aromatic nitrogens is 1. The van der Waals surface area contributed by atoms with E-state index in [-0.39, 0.29) is 12.4 Å². The number of primary amides is 1. The third kappa shape index (κ3) is 5.54. The third-order valence-electron chi connectivity index (χ3n) is 3.11. The lowest BCUT2D eigenvalue weighted by Gasteiger charge is -2.16. The molecule has 2 aromatic rings. The highest BCUT2D eigenvalue weighted by molar-refractivity contribution is 5.81. The molecule has 2 rings (SSSR count). The SMILES string of the molecule is NC(=O)[C@H](NCc1ccc(OCC(F)(F)F)nc1)c1ccccc1. The zero-order valence-corrected chi connectivity index (χ0v) is 12.6. The molecule has 128 valence electrons. The van der Waals surface area contributed by atoms with E-state index in [1.807, 2.05) is 6.07 Å². The van der Waals surface area contributed by atoms with Crippen molar-refractivity contribution in [1.29, 1.82) is 0 Å². The summed E-state index contributed by atoms with van der Waals surface area (Å²) < 4.78 is 40.7. The molecule has 1 amide bonds. The summed E-state index contributed by atoms with van der Waals surface area (Å²) in [7, 11) is 0. The molecule has 0 aliphatic heterocycles. The van der Waals surface area contributed by atoms with Gasteiger partial charge in [-0.05, 0) is 11.1 Å². The highest BCUT2D eigenvalue weighted by Gasteiger charge is 2.28. The van der Waals surface area contributed by atoms with E-state index in [9.17, 15) is 18.0 Å². The number of amides is 1. The average Bonchev–Trinajstić information content (AvgIpc) is 2.54. The zero-order chi connectivity index (χ0) is 17.6. The van der Waals surface area contributed by atoms with Gasteiger partial charge in [0.2, 0.25) is 11.8 Å². The van der Waals surface area contributed by atoms with Gasteiger partial charge in [-0.3, -0.25) is 10.1 Å². The predicted molar refractivity (Wildman–Crippen MR) is 81.0 cm³/mol. The second-order valence-corrected chi connectivity index (χ2v) is 5.04. The van der Waals surface area contributed by atoms with Gasteiger partial charge in [0, 0.05) is 18.8 Å². The zero-order valence-electron chi connectivity index (χ0n) is 12.6. The van der Waals surface area contributed by atoms with Crippen molar-refractivity contribution < 1.29 is 22.7 Å². The molecule has 1 aromatic heterocycles. The third-order valence-corrected chi connectivity index (χ3v) is 3.11. The van der Waals surface area contributed by atoms with Crippen LogP contribution in [0.1, 0.15) is 17.2 Å². The molecule has 0 fully saturated rings. The van der Waals surface area contributed by atoms with Crippen LogP contribution in [-0.4, -0.2) is 23.7 Å². The molecule has 0 saturated carbocycles. The first-order chi connectivity index (χ1) is 11.3. The topological polar surface area (TPSA) is 77.2 Å². The Hall–Kier alpha value is -2.61. The van der Waals surface area contributed by atoms with Crippen molar-refractivity contribution in [1.82, 2.24) is 10.3 Å². The summed E-state index contributed by atoms with van der Waals surface area (Å²) in [4.78, 5) is 15.4. The number of nitrogens with two attached hydrogens (primary N) is 1. The number of hydrogen-bond donors (Lipinski definition) is 2. The molecule has 0 bridgehead atoms. The molecule has 5 nitrogen and oxygen atoms in total. The van der Waals surface area contributed by atoms with E-state index in [4.69, 9.17) is 5.73 Å². The van der Waals surface area contributed by atoms with Gasteiger partial charge in [0.05, 0.1) is 0 Å². The summed E-state index contributed by atoms with van der Waals surface area (Å²) in [6.07, 6.45) is -3.03. The Bertz CT molecular complexity index is 661. The quantitative estimate of drug-likeness (QED) is 0.812. The van der Waals surface area contributed by atoms with E-state index in [1.165, 1.54) is 12.3 Å². The van der Waals surface area contributed by atoms with Crippen molar-refractivity contribution in [2.24, 2.45) is 5.73 Å². The van der Waals surface area contributed by atoms with Crippen molar-refractivity contribution in [2.45, 2.75) is 18.8 Å². The fourth-order valence-corrected chi connectivity index (χ4v) is 2.00. The van der Waals surface area contributed by atoms with Crippen molar-refractivity contribution in [3.05, 3.63) is 59.8 Å². The van der Waals surface area contributed by atoms with Crippen LogP contribution in [0.5, 0.6) is 5.88 Å². The molecule has 0 radical (unpaired) electrons. The first-order valence-corrected chi connectivity index (χ1v) is 7.07. The Morgan fingerprint density at radius 1 is 1.21 bits per heavy atom. The summed E-state index contributed by atoms with van der Waals surface area (Å²) in [6.45, 7) is -1.12. The number of hydrogen-bond acceptors (Lipinski definition) is 4. The van der Waals surface area contributed by atoms with Gasteiger partial charge in [-0.2, -0.15) is 13.2 Å². The van der Waals surface area contributed by atoms with Crippen LogP contribution in [0.2, 0.25) is 0 Å². The number of nitrogens with zero attached hydrogens (tertiary/aromatic N) is 1. The first-order valence-electron chi connectivity index (χ1n) is 7.07. The van der Waals surface area contributed by atoms with Gasteiger partial charge in [0.15, 0.2) is 6.61 Å². The monoisotopic (exact) mass is 339 g/mol. The number of carbonyl (C=O) groups excluding carboxylic acids is 1. The standard InChI is InChI=1S/C16H16F3N3O2/c17-16(18,19)10-24-13-7-6-11(8-21-13)9-22-14(15(20)23)12-4-2-1-3-5-12/h1-8,14,22H,9-10H2,(H2,20,23)/t14-/m1/s1. The molecule has 24 heavy (non-hydrogen) atoms. The van der Waals surface area contributed by atoms with Gasteiger partial charge in [-0.15, -0.1) is 0 Å². The van der Waals surface area contributed by atoms with Gasteiger partial charge in [-0.25, -0.2) is 4.98 Å². The number of rotatable bonds is 7. The number of carbonyl (C=O) groups is 1. The van der Waals surface area contributed by atoms with Crippen LogP contribution in [0.15, 0.2) is 48.7 Å². The van der Waals surface area contributed by atoms with E-state index in [0.29, 0.717) is 5.56 Å². The van der Waals surface area contributed by atoms with Crippen LogP contribution in [0.25, 0.3) is 0 Å². The van der Waals surface area contributed by atoms with Crippen LogP contribution in [0.3, 0.4) is 0 Å². The van der Waals surface area contributed by atoms with Crippen LogP contribution < -0.4 is 15.8 Å². The Kier molecular flexibility index (Phi) is 5.75. The fourth-order valence-electron chi connectivity index (χ4n) is 2.00. The molecule has 1 heterocycles. The number of pyridine rings is 1. The minimum Gasteiger partial charge on any atom is -0.468 e. The van der Waals surface area contributed by atoms with Crippen molar-refractivity contribution >= 4 is 5.91 Å². The minimum atomic E-state index is -4.41. The second-order valence-electron chi connectivity index (χ2n) is 5.04. The summed E-state index contributed by atoms with van der Waals surface area (Å²) >= 11 is 0. The van der Waals surface area contributed by atoms with E-state index in [1.54, 1.807) is 30.3 Å². The summed E-state index contributed by atoms with van der Waals surface area (Å²) in [5, 5.41) is 2.99. The largest absolute Gasteiger partial charge is 0.468 e. The molecule has 0 spiro atoms. The van der Waals surface area contributed by atoms with Gasteiger partial charge in [0.25, 0.3) is 0 Å². The Morgan fingerprint density at radius 3 is 2.46 bits per heavy atom. The number of halogens is 3. The molecule has 0 aliphatic rings. The normalized spacial score (nSPS) is 12.6. The number of benzene rings is 1. The molecule has 0 saturated heterocycles. The van der Waals surface area contributed by atoms with Gasteiger partial charge in [0.1, 0.15) is 6.04 Å². The van der Waals surface area contributed by atoms with E-state index < -0.39 is 24.7 Å². The summed E-state index contributed by atoms with van der Waals surface area (Å²) in [5.41, 5.74) is 6.80. The lowest BCUT2D eigenvalue weighted by atomic mass is 10.1. The van der Waals surface area contributed by atoms with Crippen molar-refractivity contribution in [2.75, 3.05) is 6.61 Å². The number of nitrogens with one attached hydrogen (secondary N) is 1. The van der Waals surface area contributed by atoms with Crippen molar-refractivity contribution in [3.8, 4) is 5.88 Å². The molecular weight excluding hydrogens is 323 g/mol. The first kappa shape index (κ1) is 17.7. The molecule has 8 heteroatoms. The predicted octanol–water partition coefficient (Wildman–Crippen LogP) is 2.34. The Balaban J connectivity index is 1.94. The molecule has 0 unspecified atom stereocenters. The number of ether oxygens (including phenoxy) is 1. The van der Waals surface area contributed by atoms with Crippen LogP contribution in [0, 0.1) is 0 Å². The Morgan fingerprint density at radius 2 is 1.92 bits per heavy atom. The maximum absolute atomic E-state index is 12.1. The van der Waals surface area contributed by atoms with E-state index in [2.05, 4.69) is 15.0 Å². The molecular formula is C16H16F3N3O2. The van der Waals surface area contributed by atoms with Gasteiger partial charge in [-0.1, -0.05) is 36.4 Å². The lowest BCUT2D eigenvalue weighted by Crippen LogP contribution is -2.33. The van der Waals surface area contributed by atoms with Gasteiger partial charge < -0.3 is 10.5 Å². The second kappa shape index (κ2) is 7.78. The smallest absolute Gasteiger partial charge is 0.422 e. The fraction of sp³-hybridized carbons (Fsp3) is 0.250. The molecule has 3 N–H and O–H groups in total. The maximum atomic E-state index is 12.1. The lowest BCUT2D eigenvalue weighted by molar-refractivity contribution is -0.154. The maximum Gasteiger partial charge on any atom is 0.422 e. The van der Waals surface area contributed by atoms with Crippen LogP contribution >= 0.6 is 0 Å². The van der Waals surface area contributed by atoms with E-state index in [0.717, 1.165) is 5.56 Å². The average molecular weight is 339 g/mol. The highest BCUT2D eigenvalue weighted by atomic mass is 19.4. The van der Waals surface area contributed by atoms with E-state index >= 15 is 0 Å². The van der Waals surface area contributed by atoms with Crippen LogP contribution in [0.4, 0.5) is 13.2 Å². The van der Waals surface area contributed by atoms with Crippen molar-refractivity contribution in [3.63, 3.8) is 0 Å². The van der Waals surface area contributed by atoms with Crippen LogP contribution in [-0.2, 0) is 11.3 Å². The summed E-state index contributed by atoms with van der Waals surface area (Å²) in [6, 6.07) is 11.2. The molecule has 1 aromatic carbocycles. The molecule has 0 aliphatic carbocycles. The number of alkyl halides is 3. The minimum absolute atomic E-state index is 0.120.